The molecule has 1 aliphatic heterocycles. The molecule has 0 aromatic heterocycles. The van der Waals surface area contributed by atoms with Crippen LogP contribution >= 0.6 is 11.6 Å². The Morgan fingerprint density at radius 2 is 2.12 bits per heavy atom. The predicted octanol–water partition coefficient (Wildman–Crippen LogP) is 2.35. The number of carbonyl (C=O) groups excluding carboxylic acids is 2. The highest BCUT2D eigenvalue weighted by molar-refractivity contribution is 6.31. The zero-order chi connectivity index (χ0) is 12.4. The van der Waals surface area contributed by atoms with E-state index in [9.17, 15) is 9.59 Å². The van der Waals surface area contributed by atoms with Gasteiger partial charge in [0, 0.05) is 23.7 Å². The number of halogens is 1. The van der Waals surface area contributed by atoms with Crippen LogP contribution < -0.4 is 10.2 Å². The molecule has 0 spiro atoms. The van der Waals surface area contributed by atoms with E-state index in [-0.39, 0.29) is 11.9 Å². The van der Waals surface area contributed by atoms with Gasteiger partial charge in [-0.3, -0.25) is 15.0 Å². The Morgan fingerprint density at radius 1 is 1.35 bits per heavy atom. The van der Waals surface area contributed by atoms with E-state index in [4.69, 9.17) is 11.6 Å². The Kier molecular flexibility index (Phi) is 3.33. The first-order chi connectivity index (χ1) is 8.10. The molecule has 1 N–H and O–H groups in total. The van der Waals surface area contributed by atoms with Gasteiger partial charge in [0.2, 0.25) is 5.91 Å². The maximum atomic E-state index is 11.7. The molecule has 5 heteroatoms. The van der Waals surface area contributed by atoms with E-state index in [1.165, 1.54) is 4.90 Å². The van der Waals surface area contributed by atoms with Gasteiger partial charge in [-0.1, -0.05) is 18.5 Å². The first-order valence-corrected chi connectivity index (χ1v) is 5.88. The van der Waals surface area contributed by atoms with E-state index >= 15 is 0 Å². The zero-order valence-corrected chi connectivity index (χ0v) is 10.3. The fraction of sp³-hybridized carbons (Fsp3) is 0.333. The quantitative estimate of drug-likeness (QED) is 0.878. The van der Waals surface area contributed by atoms with E-state index in [0.717, 1.165) is 17.7 Å². The largest absolute Gasteiger partial charge is 0.328 e. The summed E-state index contributed by atoms with van der Waals surface area (Å²) in [6.45, 7) is 2.42. The standard InChI is InChI=1S/C12H13ClN2O2/c1-2-8-5-9(13)7-10(6-8)15-4-3-11(16)14-12(15)17/h5-7H,2-4H2,1H3,(H,14,16,17). The van der Waals surface area contributed by atoms with Crippen LogP contribution in [0.2, 0.25) is 5.02 Å². The molecule has 0 radical (unpaired) electrons. The highest BCUT2D eigenvalue weighted by atomic mass is 35.5. The van der Waals surface area contributed by atoms with Crippen molar-refractivity contribution < 1.29 is 9.59 Å². The second kappa shape index (κ2) is 4.75. The van der Waals surface area contributed by atoms with Crippen molar-refractivity contribution in [2.75, 3.05) is 11.4 Å². The molecule has 1 aliphatic rings. The van der Waals surface area contributed by atoms with Crippen molar-refractivity contribution in [3.8, 4) is 0 Å². The molecule has 0 bridgehead atoms. The van der Waals surface area contributed by atoms with Crippen LogP contribution in [-0.4, -0.2) is 18.5 Å². The van der Waals surface area contributed by atoms with Crippen molar-refractivity contribution >= 4 is 29.2 Å². The van der Waals surface area contributed by atoms with Gasteiger partial charge in [-0.2, -0.15) is 0 Å². The van der Waals surface area contributed by atoms with Crippen LogP contribution in [0.5, 0.6) is 0 Å². The predicted molar refractivity (Wildman–Crippen MR) is 66.3 cm³/mol. The number of nitrogens with one attached hydrogen (secondary N) is 1. The van der Waals surface area contributed by atoms with Gasteiger partial charge in [-0.05, 0) is 30.2 Å². The number of aryl methyl sites for hydroxylation is 1. The summed E-state index contributed by atoms with van der Waals surface area (Å²) in [6.07, 6.45) is 1.17. The molecule has 0 saturated carbocycles. The van der Waals surface area contributed by atoms with E-state index in [1.807, 2.05) is 19.1 Å². The summed E-state index contributed by atoms with van der Waals surface area (Å²) in [7, 11) is 0. The number of imide groups is 1. The number of hydrogen-bond donors (Lipinski definition) is 1. The molecule has 0 atom stereocenters. The van der Waals surface area contributed by atoms with Crippen molar-refractivity contribution in [3.63, 3.8) is 0 Å². The maximum Gasteiger partial charge on any atom is 0.328 e. The Labute approximate surface area is 105 Å². The Morgan fingerprint density at radius 3 is 2.76 bits per heavy atom. The van der Waals surface area contributed by atoms with Crippen LogP contribution in [0.3, 0.4) is 0 Å². The van der Waals surface area contributed by atoms with Crippen LogP contribution in [0.15, 0.2) is 18.2 Å². The van der Waals surface area contributed by atoms with Crippen LogP contribution in [0.4, 0.5) is 10.5 Å². The summed E-state index contributed by atoms with van der Waals surface area (Å²) in [5.41, 5.74) is 1.80. The second-order valence-corrected chi connectivity index (χ2v) is 4.36. The Balaban J connectivity index is 2.30. The number of carbonyl (C=O) groups is 2. The third-order valence-electron chi connectivity index (χ3n) is 2.72. The minimum atomic E-state index is -0.384. The third-order valence-corrected chi connectivity index (χ3v) is 2.93. The number of nitrogens with zero attached hydrogens (tertiary/aromatic N) is 1. The van der Waals surface area contributed by atoms with Gasteiger partial charge < -0.3 is 0 Å². The number of anilines is 1. The van der Waals surface area contributed by atoms with Gasteiger partial charge in [0.05, 0.1) is 0 Å². The van der Waals surface area contributed by atoms with E-state index in [1.54, 1.807) is 6.07 Å². The Bertz CT molecular complexity index is 474. The monoisotopic (exact) mass is 252 g/mol. The van der Waals surface area contributed by atoms with Crippen molar-refractivity contribution in [2.24, 2.45) is 0 Å². The van der Waals surface area contributed by atoms with Gasteiger partial charge in [0.25, 0.3) is 0 Å². The topological polar surface area (TPSA) is 49.4 Å². The lowest BCUT2D eigenvalue weighted by molar-refractivity contribution is -0.120. The normalized spacial score (nSPS) is 16.0. The molecule has 1 heterocycles. The molecule has 0 unspecified atom stereocenters. The summed E-state index contributed by atoms with van der Waals surface area (Å²) in [5, 5.41) is 2.89. The number of benzene rings is 1. The molecule has 1 fully saturated rings. The number of amides is 3. The first-order valence-electron chi connectivity index (χ1n) is 5.51. The van der Waals surface area contributed by atoms with E-state index < -0.39 is 0 Å². The van der Waals surface area contributed by atoms with E-state index in [0.29, 0.717) is 18.0 Å². The minimum Gasteiger partial charge on any atom is -0.294 e. The lowest BCUT2D eigenvalue weighted by atomic mass is 10.1. The van der Waals surface area contributed by atoms with E-state index in [2.05, 4.69) is 5.32 Å². The summed E-state index contributed by atoms with van der Waals surface area (Å²) >= 11 is 6.00. The summed E-state index contributed by atoms with van der Waals surface area (Å²) in [4.78, 5) is 24.3. The summed E-state index contributed by atoms with van der Waals surface area (Å²) in [5.74, 6) is -0.232. The molecule has 3 amide bonds. The number of urea groups is 1. The van der Waals surface area contributed by atoms with Crippen molar-refractivity contribution in [2.45, 2.75) is 19.8 Å². The lowest BCUT2D eigenvalue weighted by Crippen LogP contribution is -2.49. The van der Waals surface area contributed by atoms with Gasteiger partial charge in [-0.25, -0.2) is 4.79 Å². The molecule has 1 saturated heterocycles. The molecule has 0 aliphatic carbocycles. The SMILES string of the molecule is CCc1cc(Cl)cc(N2CCC(=O)NC2=O)c1. The molecule has 1 aromatic rings. The van der Waals surface area contributed by atoms with Gasteiger partial charge in [0.15, 0.2) is 0 Å². The molecular formula is C12H13ClN2O2. The molecule has 17 heavy (non-hydrogen) atoms. The second-order valence-electron chi connectivity index (χ2n) is 3.93. The summed E-state index contributed by atoms with van der Waals surface area (Å²) in [6, 6.07) is 5.14. The zero-order valence-electron chi connectivity index (χ0n) is 9.50. The average Bonchev–Trinajstić information content (AvgIpc) is 2.28. The summed E-state index contributed by atoms with van der Waals surface area (Å²) < 4.78 is 0. The fourth-order valence-corrected chi connectivity index (χ4v) is 2.06. The van der Waals surface area contributed by atoms with Crippen LogP contribution in [0.1, 0.15) is 18.9 Å². The average molecular weight is 253 g/mol. The van der Waals surface area contributed by atoms with Crippen molar-refractivity contribution in [1.29, 1.82) is 0 Å². The lowest BCUT2D eigenvalue weighted by Gasteiger charge is -2.27. The molecule has 1 aromatic carbocycles. The Hall–Kier alpha value is -1.55. The molecule has 2 rings (SSSR count). The van der Waals surface area contributed by atoms with Crippen molar-refractivity contribution in [1.82, 2.24) is 5.32 Å². The highest BCUT2D eigenvalue weighted by Gasteiger charge is 2.24. The van der Waals surface area contributed by atoms with Crippen LogP contribution in [0.25, 0.3) is 0 Å². The molecule has 90 valence electrons. The molecular weight excluding hydrogens is 240 g/mol. The smallest absolute Gasteiger partial charge is 0.294 e. The van der Waals surface area contributed by atoms with Gasteiger partial charge >= 0.3 is 6.03 Å². The molecule has 4 nitrogen and oxygen atoms in total. The first kappa shape index (κ1) is 11.9. The van der Waals surface area contributed by atoms with Crippen LogP contribution in [-0.2, 0) is 11.2 Å². The van der Waals surface area contributed by atoms with Gasteiger partial charge in [0.1, 0.15) is 0 Å². The minimum absolute atomic E-state index is 0.232. The fourth-order valence-electron chi connectivity index (χ4n) is 1.80. The van der Waals surface area contributed by atoms with Crippen LogP contribution in [0, 0.1) is 0 Å². The highest BCUT2D eigenvalue weighted by Crippen LogP contribution is 2.24. The number of hydrogen-bond acceptors (Lipinski definition) is 2. The number of rotatable bonds is 2. The maximum absolute atomic E-state index is 11.7. The third kappa shape index (κ3) is 2.58. The van der Waals surface area contributed by atoms with Crippen molar-refractivity contribution in [3.05, 3.63) is 28.8 Å². The van der Waals surface area contributed by atoms with Gasteiger partial charge in [-0.15, -0.1) is 0 Å².